The molecule has 1 heterocycles. The van der Waals surface area contributed by atoms with E-state index in [2.05, 4.69) is 4.99 Å². The van der Waals surface area contributed by atoms with Crippen LogP contribution in [-0.4, -0.2) is 25.3 Å². The topological polar surface area (TPSA) is 38.7 Å². The summed E-state index contributed by atoms with van der Waals surface area (Å²) in [6, 6.07) is 0.260. The predicted octanol–water partition coefficient (Wildman–Crippen LogP) is -0.0330. The molecular formula is C6H7NO2. The summed E-state index contributed by atoms with van der Waals surface area (Å²) >= 11 is 0. The average molecular weight is 125 g/mol. The third kappa shape index (κ3) is 0.622. The molecule has 2 aliphatic rings. The van der Waals surface area contributed by atoms with Crippen LogP contribution in [0, 0.1) is 11.8 Å². The molecule has 3 heteroatoms. The molecule has 3 nitrogen and oxygen atoms in total. The summed E-state index contributed by atoms with van der Waals surface area (Å²) in [5, 5.41) is 0. The highest BCUT2D eigenvalue weighted by atomic mass is 16.5. The van der Waals surface area contributed by atoms with Gasteiger partial charge in [0, 0.05) is 11.8 Å². The van der Waals surface area contributed by atoms with Gasteiger partial charge in [-0.2, -0.15) is 0 Å². The molecule has 2 atom stereocenters. The highest BCUT2D eigenvalue weighted by Crippen LogP contribution is 2.46. The van der Waals surface area contributed by atoms with Crippen molar-refractivity contribution in [2.75, 3.05) is 13.2 Å². The van der Waals surface area contributed by atoms with Gasteiger partial charge >= 0.3 is 0 Å². The molecule has 1 aliphatic heterocycles. The summed E-state index contributed by atoms with van der Waals surface area (Å²) in [5.41, 5.74) is 0. The van der Waals surface area contributed by atoms with Gasteiger partial charge < -0.3 is 4.74 Å². The summed E-state index contributed by atoms with van der Waals surface area (Å²) in [6.45, 7) is 1.58. The molecule has 1 saturated carbocycles. The van der Waals surface area contributed by atoms with Gasteiger partial charge in [-0.15, -0.1) is 0 Å². The van der Waals surface area contributed by atoms with Crippen LogP contribution in [-0.2, 0) is 9.53 Å². The Kier molecular flexibility index (Phi) is 0.949. The Balaban J connectivity index is 2.01. The molecule has 0 bridgehead atoms. The van der Waals surface area contributed by atoms with Crippen LogP contribution in [0.4, 0.5) is 0 Å². The molecule has 0 N–H and O–H groups in total. The second-order valence-corrected chi connectivity index (χ2v) is 2.58. The molecule has 0 spiro atoms. The first kappa shape index (κ1) is 5.15. The van der Waals surface area contributed by atoms with Gasteiger partial charge in [0.05, 0.1) is 19.3 Å². The first-order valence-corrected chi connectivity index (χ1v) is 3.08. The highest BCUT2D eigenvalue weighted by molar-refractivity contribution is 5.35. The number of nitrogens with zero attached hydrogens (tertiary/aromatic N) is 1. The molecule has 1 saturated heterocycles. The Morgan fingerprint density at radius 1 is 1.44 bits per heavy atom. The lowest BCUT2D eigenvalue weighted by Gasteiger charge is -1.93. The molecule has 0 radical (unpaired) electrons. The fourth-order valence-electron chi connectivity index (χ4n) is 1.46. The van der Waals surface area contributed by atoms with Crippen molar-refractivity contribution in [3.05, 3.63) is 0 Å². The second-order valence-electron chi connectivity index (χ2n) is 2.58. The highest BCUT2D eigenvalue weighted by Gasteiger charge is 2.54. The molecule has 0 aromatic carbocycles. The van der Waals surface area contributed by atoms with E-state index in [-0.39, 0.29) is 6.04 Å². The normalized spacial score (nSPS) is 45.6. The lowest BCUT2D eigenvalue weighted by atomic mass is 10.4. The van der Waals surface area contributed by atoms with Gasteiger partial charge in [0.2, 0.25) is 6.08 Å². The number of carbonyl (C=O) groups excluding carboxylic acids is 1. The minimum Gasteiger partial charge on any atom is -0.381 e. The van der Waals surface area contributed by atoms with Gasteiger partial charge in [-0.1, -0.05) is 0 Å². The molecule has 0 aromatic heterocycles. The van der Waals surface area contributed by atoms with Crippen molar-refractivity contribution in [2.45, 2.75) is 6.04 Å². The standard InChI is InChI=1S/C6H7NO2/c8-3-7-6-4-1-9-2-5(4)6/h4-6H,1-2H2. The van der Waals surface area contributed by atoms with Crippen molar-refractivity contribution in [3.8, 4) is 0 Å². The van der Waals surface area contributed by atoms with Crippen LogP contribution in [0.5, 0.6) is 0 Å². The second kappa shape index (κ2) is 1.66. The summed E-state index contributed by atoms with van der Waals surface area (Å²) in [5.74, 6) is 1.10. The maximum Gasteiger partial charge on any atom is 0.235 e. The fourth-order valence-corrected chi connectivity index (χ4v) is 1.46. The minimum absolute atomic E-state index is 0.260. The van der Waals surface area contributed by atoms with E-state index < -0.39 is 0 Å². The van der Waals surface area contributed by atoms with Gasteiger partial charge in [-0.25, -0.2) is 9.79 Å². The van der Waals surface area contributed by atoms with Crippen LogP contribution in [0.15, 0.2) is 4.99 Å². The SMILES string of the molecule is O=C=NC1C2COCC21. The fraction of sp³-hybridized carbons (Fsp3) is 0.833. The van der Waals surface area contributed by atoms with E-state index in [1.165, 1.54) is 0 Å². The average Bonchev–Trinajstić information content (AvgIpc) is 2.39. The largest absolute Gasteiger partial charge is 0.381 e. The van der Waals surface area contributed by atoms with Crippen molar-refractivity contribution >= 4 is 6.08 Å². The molecule has 9 heavy (non-hydrogen) atoms. The van der Waals surface area contributed by atoms with Gasteiger partial charge in [0.1, 0.15) is 0 Å². The van der Waals surface area contributed by atoms with Crippen LogP contribution < -0.4 is 0 Å². The molecule has 0 amide bonds. The van der Waals surface area contributed by atoms with E-state index in [0.717, 1.165) is 13.2 Å². The molecule has 2 rings (SSSR count). The Morgan fingerprint density at radius 2 is 2.11 bits per heavy atom. The molecule has 1 aliphatic carbocycles. The molecule has 0 aromatic rings. The van der Waals surface area contributed by atoms with Crippen molar-refractivity contribution in [1.29, 1.82) is 0 Å². The monoisotopic (exact) mass is 125 g/mol. The third-order valence-corrected chi connectivity index (χ3v) is 2.11. The van der Waals surface area contributed by atoms with Crippen molar-refractivity contribution in [1.82, 2.24) is 0 Å². The zero-order chi connectivity index (χ0) is 6.27. The van der Waals surface area contributed by atoms with Crippen LogP contribution >= 0.6 is 0 Å². The van der Waals surface area contributed by atoms with Gasteiger partial charge in [0.15, 0.2) is 0 Å². The predicted molar refractivity (Wildman–Crippen MR) is 29.7 cm³/mol. The maximum absolute atomic E-state index is 9.75. The van der Waals surface area contributed by atoms with E-state index in [9.17, 15) is 4.79 Å². The number of hydrogen-bond acceptors (Lipinski definition) is 3. The molecule has 2 unspecified atom stereocenters. The third-order valence-electron chi connectivity index (χ3n) is 2.11. The van der Waals surface area contributed by atoms with Crippen molar-refractivity contribution in [2.24, 2.45) is 16.8 Å². The van der Waals surface area contributed by atoms with Crippen LogP contribution in [0.2, 0.25) is 0 Å². The summed E-state index contributed by atoms with van der Waals surface area (Å²) < 4.78 is 5.09. The van der Waals surface area contributed by atoms with E-state index in [1.807, 2.05) is 0 Å². The summed E-state index contributed by atoms with van der Waals surface area (Å²) in [6.07, 6.45) is 1.58. The number of ether oxygens (including phenoxy) is 1. The first-order valence-electron chi connectivity index (χ1n) is 3.08. The van der Waals surface area contributed by atoms with Crippen LogP contribution in [0.3, 0.4) is 0 Å². The Labute approximate surface area is 52.7 Å². The van der Waals surface area contributed by atoms with E-state index in [0.29, 0.717) is 11.8 Å². The zero-order valence-corrected chi connectivity index (χ0v) is 4.91. The first-order chi connectivity index (χ1) is 4.43. The van der Waals surface area contributed by atoms with Crippen molar-refractivity contribution in [3.63, 3.8) is 0 Å². The van der Waals surface area contributed by atoms with E-state index in [1.54, 1.807) is 6.08 Å². The molecular weight excluding hydrogens is 118 g/mol. The Bertz CT molecular complexity index is 164. The van der Waals surface area contributed by atoms with Crippen LogP contribution in [0.1, 0.15) is 0 Å². The van der Waals surface area contributed by atoms with E-state index in [4.69, 9.17) is 4.74 Å². The summed E-state index contributed by atoms with van der Waals surface area (Å²) in [4.78, 5) is 13.4. The lowest BCUT2D eigenvalue weighted by molar-refractivity contribution is 0.161. The molecule has 48 valence electrons. The number of fused-ring (bicyclic) bond motifs is 1. The minimum atomic E-state index is 0.260. The van der Waals surface area contributed by atoms with Gasteiger partial charge in [-0.3, -0.25) is 0 Å². The Morgan fingerprint density at radius 3 is 2.67 bits per heavy atom. The number of rotatable bonds is 1. The zero-order valence-electron chi connectivity index (χ0n) is 4.91. The maximum atomic E-state index is 9.75. The lowest BCUT2D eigenvalue weighted by Crippen LogP contribution is -1.98. The van der Waals surface area contributed by atoms with Gasteiger partial charge in [0.25, 0.3) is 0 Å². The Hall–Kier alpha value is -0.660. The smallest absolute Gasteiger partial charge is 0.235 e. The van der Waals surface area contributed by atoms with Crippen LogP contribution in [0.25, 0.3) is 0 Å². The number of isocyanates is 1. The van der Waals surface area contributed by atoms with Crippen molar-refractivity contribution < 1.29 is 9.53 Å². The molecule has 2 fully saturated rings. The number of aliphatic imine (C=N–C) groups is 1. The van der Waals surface area contributed by atoms with Gasteiger partial charge in [-0.05, 0) is 0 Å². The summed E-state index contributed by atoms with van der Waals surface area (Å²) in [7, 11) is 0. The quantitative estimate of drug-likeness (QED) is 0.364. The number of hydrogen-bond donors (Lipinski definition) is 0. The van der Waals surface area contributed by atoms with E-state index >= 15 is 0 Å².